The summed E-state index contributed by atoms with van der Waals surface area (Å²) in [7, 11) is 0. The maximum Gasteiger partial charge on any atom is 0.161 e. The first-order valence-corrected chi connectivity index (χ1v) is 13.6. The summed E-state index contributed by atoms with van der Waals surface area (Å²) in [5, 5.41) is 11.1. The molecule has 0 fully saturated rings. The molecule has 1 atom stereocenters. The highest BCUT2D eigenvalue weighted by atomic mass is 35.5. The van der Waals surface area contributed by atoms with Crippen LogP contribution in [0.4, 0.5) is 5.69 Å². The van der Waals surface area contributed by atoms with E-state index in [9.17, 15) is 10.1 Å². The van der Waals surface area contributed by atoms with Gasteiger partial charge in [-0.05, 0) is 104 Å². The van der Waals surface area contributed by atoms with E-state index < -0.39 is 5.92 Å². The fourth-order valence-electron chi connectivity index (χ4n) is 5.77. The van der Waals surface area contributed by atoms with Gasteiger partial charge in [0.25, 0.3) is 0 Å². The fourth-order valence-corrected chi connectivity index (χ4v) is 6.00. The number of ether oxygens (including phenoxy) is 1. The van der Waals surface area contributed by atoms with Crippen LogP contribution in [0, 0.1) is 39.0 Å². The van der Waals surface area contributed by atoms with Crippen molar-refractivity contribution in [3.05, 3.63) is 116 Å². The molecular formula is C33H32ClN3O2. The van der Waals surface area contributed by atoms with Crippen LogP contribution < -0.4 is 15.4 Å². The van der Waals surface area contributed by atoms with Crippen molar-refractivity contribution < 1.29 is 9.53 Å². The van der Waals surface area contributed by atoms with E-state index in [1.165, 1.54) is 0 Å². The summed E-state index contributed by atoms with van der Waals surface area (Å²) in [6.45, 7) is 8.42. The molecule has 0 radical (unpaired) electrons. The van der Waals surface area contributed by atoms with Gasteiger partial charge in [-0.1, -0.05) is 35.9 Å². The molecule has 2 N–H and O–H groups in total. The van der Waals surface area contributed by atoms with Crippen molar-refractivity contribution in [1.82, 2.24) is 0 Å². The van der Waals surface area contributed by atoms with Crippen LogP contribution in [-0.4, -0.2) is 5.78 Å². The second kappa shape index (κ2) is 10.6. The molecule has 39 heavy (non-hydrogen) atoms. The number of benzene rings is 3. The molecule has 0 spiro atoms. The molecule has 2 aliphatic rings. The highest BCUT2D eigenvalue weighted by Crippen LogP contribution is 2.47. The summed E-state index contributed by atoms with van der Waals surface area (Å²) in [4.78, 5) is 15.5. The second-order valence-corrected chi connectivity index (χ2v) is 10.9. The summed E-state index contributed by atoms with van der Waals surface area (Å²) in [5.41, 5.74) is 15.7. The first-order chi connectivity index (χ1) is 18.7. The summed E-state index contributed by atoms with van der Waals surface area (Å²) >= 11 is 6.12. The third-order valence-electron chi connectivity index (χ3n) is 7.73. The molecule has 0 aromatic heterocycles. The number of nitriles is 1. The van der Waals surface area contributed by atoms with Gasteiger partial charge in [0.2, 0.25) is 0 Å². The van der Waals surface area contributed by atoms with Crippen molar-refractivity contribution in [3.8, 4) is 11.8 Å². The minimum absolute atomic E-state index is 0.0775. The Morgan fingerprint density at radius 1 is 1.03 bits per heavy atom. The van der Waals surface area contributed by atoms with Crippen LogP contribution in [0.2, 0.25) is 5.02 Å². The number of hydrogen-bond acceptors (Lipinski definition) is 5. The molecule has 0 saturated heterocycles. The van der Waals surface area contributed by atoms with E-state index in [0.29, 0.717) is 35.0 Å². The number of nitrogens with two attached hydrogens (primary N) is 1. The van der Waals surface area contributed by atoms with Gasteiger partial charge in [0.1, 0.15) is 18.2 Å². The number of nitrogens with zero attached hydrogens (tertiary/aromatic N) is 2. The smallest absolute Gasteiger partial charge is 0.161 e. The van der Waals surface area contributed by atoms with Gasteiger partial charge < -0.3 is 10.5 Å². The molecular weight excluding hydrogens is 506 g/mol. The van der Waals surface area contributed by atoms with Crippen molar-refractivity contribution in [2.24, 2.45) is 5.73 Å². The normalized spacial score (nSPS) is 17.3. The molecule has 1 aliphatic heterocycles. The average Bonchev–Trinajstić information content (AvgIpc) is 2.89. The minimum Gasteiger partial charge on any atom is -0.489 e. The van der Waals surface area contributed by atoms with Gasteiger partial charge in [0, 0.05) is 28.4 Å². The maximum atomic E-state index is 13.6. The molecule has 3 aromatic carbocycles. The van der Waals surface area contributed by atoms with Crippen molar-refractivity contribution in [2.75, 3.05) is 4.90 Å². The first kappa shape index (κ1) is 26.6. The third-order valence-corrected chi connectivity index (χ3v) is 7.96. The van der Waals surface area contributed by atoms with E-state index in [2.05, 4.69) is 25.1 Å². The number of rotatable bonds is 5. The Hall–Kier alpha value is -4.01. The fraction of sp³-hybridized carbons (Fsp3) is 0.273. The summed E-state index contributed by atoms with van der Waals surface area (Å²) < 4.78 is 6.18. The van der Waals surface area contributed by atoms with E-state index in [0.717, 1.165) is 63.4 Å². The molecule has 1 unspecified atom stereocenters. The Morgan fingerprint density at radius 2 is 1.82 bits per heavy atom. The van der Waals surface area contributed by atoms with Crippen molar-refractivity contribution >= 4 is 23.1 Å². The number of halogens is 1. The lowest BCUT2D eigenvalue weighted by Crippen LogP contribution is -2.39. The van der Waals surface area contributed by atoms with E-state index in [1.807, 2.05) is 68.1 Å². The molecule has 0 saturated carbocycles. The monoisotopic (exact) mass is 537 g/mol. The van der Waals surface area contributed by atoms with Crippen LogP contribution >= 0.6 is 11.6 Å². The Morgan fingerprint density at radius 3 is 2.54 bits per heavy atom. The summed E-state index contributed by atoms with van der Waals surface area (Å²) in [6, 6.07) is 20.1. The predicted octanol–water partition coefficient (Wildman–Crippen LogP) is 7.46. The quantitative estimate of drug-likeness (QED) is 0.365. The van der Waals surface area contributed by atoms with Crippen LogP contribution in [0.3, 0.4) is 0 Å². The number of allylic oxidation sites excluding steroid dienone is 3. The lowest BCUT2D eigenvalue weighted by molar-refractivity contribution is -0.116. The number of anilines is 1. The minimum atomic E-state index is -0.518. The zero-order chi connectivity index (χ0) is 27.8. The molecule has 1 heterocycles. The van der Waals surface area contributed by atoms with Crippen LogP contribution in [0.1, 0.15) is 58.6 Å². The van der Waals surface area contributed by atoms with Gasteiger partial charge >= 0.3 is 0 Å². The Labute approximate surface area is 235 Å². The molecule has 198 valence electrons. The van der Waals surface area contributed by atoms with Gasteiger partial charge in [-0.3, -0.25) is 9.69 Å². The maximum absolute atomic E-state index is 13.6. The zero-order valence-corrected chi connectivity index (χ0v) is 23.5. The molecule has 6 heteroatoms. The van der Waals surface area contributed by atoms with E-state index >= 15 is 0 Å². The SMILES string of the molecule is Cc1cccc(N2C(N)=C(C#N)C(c3cc(COc4ccc(Cl)cc4C)c(C)cc3C)C3=C2CCCC3=O)c1. The molecule has 1 aliphatic carbocycles. The molecule has 0 amide bonds. The largest absolute Gasteiger partial charge is 0.489 e. The predicted molar refractivity (Wildman–Crippen MR) is 156 cm³/mol. The number of carbonyl (C=O) groups is 1. The van der Waals surface area contributed by atoms with Crippen molar-refractivity contribution in [1.29, 1.82) is 5.26 Å². The number of Topliss-reactive ketones (excluding diaryl/α,β-unsaturated/α-hetero) is 1. The topological polar surface area (TPSA) is 79.3 Å². The van der Waals surface area contributed by atoms with Crippen LogP contribution in [0.15, 0.2) is 77.3 Å². The van der Waals surface area contributed by atoms with Gasteiger partial charge in [-0.25, -0.2) is 0 Å². The summed E-state index contributed by atoms with van der Waals surface area (Å²) in [6.07, 6.45) is 1.95. The first-order valence-electron chi connectivity index (χ1n) is 13.2. The van der Waals surface area contributed by atoms with Crippen LogP contribution in [0.5, 0.6) is 5.75 Å². The summed E-state index contributed by atoms with van der Waals surface area (Å²) in [5.74, 6) is 0.710. The third kappa shape index (κ3) is 4.93. The van der Waals surface area contributed by atoms with Gasteiger partial charge in [0.15, 0.2) is 5.78 Å². The Bertz CT molecular complexity index is 1590. The van der Waals surface area contributed by atoms with Gasteiger partial charge in [-0.2, -0.15) is 5.26 Å². The number of aryl methyl sites for hydroxylation is 4. The number of carbonyl (C=O) groups excluding carboxylic acids is 1. The average molecular weight is 538 g/mol. The van der Waals surface area contributed by atoms with E-state index in [4.69, 9.17) is 22.1 Å². The molecule has 3 aromatic rings. The molecule has 5 rings (SSSR count). The molecule has 5 nitrogen and oxygen atoms in total. The van der Waals surface area contributed by atoms with E-state index in [-0.39, 0.29) is 5.78 Å². The standard InChI is InChI=1S/C33H32ClN3O2/c1-19-7-5-8-25(13-19)37-28-9-6-10-29(38)32(28)31(27(17-35)33(37)36)26-16-23(20(2)14-21(26)3)18-39-30-12-11-24(34)15-22(30)4/h5,7-8,11-16,31H,6,9-10,18,36H2,1-4H3. The van der Waals surface area contributed by atoms with Crippen molar-refractivity contribution in [2.45, 2.75) is 59.5 Å². The highest BCUT2D eigenvalue weighted by molar-refractivity contribution is 6.30. The van der Waals surface area contributed by atoms with E-state index in [1.54, 1.807) is 0 Å². The second-order valence-electron chi connectivity index (χ2n) is 10.5. The van der Waals surface area contributed by atoms with Crippen LogP contribution in [-0.2, 0) is 11.4 Å². The van der Waals surface area contributed by atoms with Gasteiger partial charge in [0.05, 0.1) is 17.6 Å². The molecule has 0 bridgehead atoms. The lowest BCUT2D eigenvalue weighted by atomic mass is 9.74. The number of ketones is 1. The van der Waals surface area contributed by atoms with Crippen molar-refractivity contribution in [3.63, 3.8) is 0 Å². The Balaban J connectivity index is 1.62. The zero-order valence-electron chi connectivity index (χ0n) is 22.8. The lowest BCUT2D eigenvalue weighted by Gasteiger charge is -2.40. The van der Waals surface area contributed by atoms with Gasteiger partial charge in [-0.15, -0.1) is 0 Å². The van der Waals surface area contributed by atoms with Crippen LogP contribution in [0.25, 0.3) is 0 Å². The Kier molecular flexibility index (Phi) is 7.25. The number of hydrogen-bond donors (Lipinski definition) is 1. The highest BCUT2D eigenvalue weighted by Gasteiger charge is 2.41.